The van der Waals surface area contributed by atoms with Gasteiger partial charge in [-0.1, -0.05) is 0 Å². The van der Waals surface area contributed by atoms with Crippen LogP contribution in [0.2, 0.25) is 0 Å². The van der Waals surface area contributed by atoms with Crippen LogP contribution in [-0.4, -0.2) is 65.2 Å². The number of amides is 1. The number of rotatable bonds is 6. The van der Waals surface area contributed by atoms with Gasteiger partial charge in [-0.25, -0.2) is 0 Å². The SMILES string of the molecule is O=C1O[C@@H](CO[PH](O)(O)O)CN1c1cc(F)c(-c2ccc(-n3cnnn3)nc2)c(F)c1F. The average molecular weight is 474 g/mol. The predicted octanol–water partition coefficient (Wildman–Crippen LogP) is 0.870. The minimum absolute atomic E-state index is 0.0762. The summed E-state index contributed by atoms with van der Waals surface area (Å²) in [6, 6.07) is 3.28. The molecule has 4 rings (SSSR count). The summed E-state index contributed by atoms with van der Waals surface area (Å²) in [6.07, 6.45) is 0.0744. The van der Waals surface area contributed by atoms with E-state index in [1.165, 1.54) is 23.1 Å². The van der Waals surface area contributed by atoms with E-state index in [1.807, 2.05) is 0 Å². The molecule has 2 aromatic heterocycles. The van der Waals surface area contributed by atoms with Gasteiger partial charge in [0.15, 0.2) is 5.82 Å². The van der Waals surface area contributed by atoms with Gasteiger partial charge in [-0.15, -0.1) is 5.10 Å². The molecule has 1 aliphatic rings. The standard InChI is InChI=1S/C16H14F3N6O6P/c17-10-3-11(24-5-9(31-16(24)26)6-30-32(27,28)29)14(18)15(19)13(10)8-1-2-12(20-4-8)25-7-21-22-23-25/h1-4,7,9,27-29,32H,5-6H2/t9-/m1/s1. The van der Waals surface area contributed by atoms with Crippen LogP contribution in [-0.2, 0) is 9.26 Å². The van der Waals surface area contributed by atoms with Crippen molar-refractivity contribution in [3.63, 3.8) is 0 Å². The molecule has 16 heteroatoms. The Kier molecular flexibility index (Phi) is 5.75. The molecule has 1 aliphatic heterocycles. The molecule has 1 aromatic carbocycles. The zero-order valence-corrected chi connectivity index (χ0v) is 16.8. The van der Waals surface area contributed by atoms with Crippen LogP contribution in [0, 0.1) is 17.5 Å². The Labute approximate surface area is 177 Å². The normalized spacial score (nSPS) is 17.0. The van der Waals surface area contributed by atoms with Crippen molar-refractivity contribution in [2.45, 2.75) is 6.10 Å². The summed E-state index contributed by atoms with van der Waals surface area (Å²) in [7, 11) is -4.87. The number of hydrogen-bond acceptors (Lipinski definition) is 10. The Hall–Kier alpha value is -3.23. The van der Waals surface area contributed by atoms with Crippen LogP contribution in [0.3, 0.4) is 0 Å². The van der Waals surface area contributed by atoms with Gasteiger partial charge in [-0.05, 0) is 10.4 Å². The van der Waals surface area contributed by atoms with Crippen molar-refractivity contribution in [3.8, 4) is 16.9 Å². The number of ether oxygens (including phenoxy) is 1. The number of hydrogen-bond donors (Lipinski definition) is 3. The van der Waals surface area contributed by atoms with Gasteiger partial charge < -0.3 is 0 Å². The van der Waals surface area contributed by atoms with Crippen molar-refractivity contribution >= 4 is 20.0 Å². The second kappa shape index (κ2) is 8.37. The van der Waals surface area contributed by atoms with Gasteiger partial charge in [0.1, 0.15) is 6.33 Å². The van der Waals surface area contributed by atoms with Crippen molar-refractivity contribution in [2.75, 3.05) is 18.1 Å². The number of tetrazole rings is 1. The molecule has 3 heterocycles. The Morgan fingerprint density at radius 3 is 2.62 bits per heavy atom. The van der Waals surface area contributed by atoms with Crippen LogP contribution >= 0.6 is 8.17 Å². The first kappa shape index (κ1) is 22.0. The summed E-state index contributed by atoms with van der Waals surface area (Å²) in [4.78, 5) is 43.2. The third kappa shape index (κ3) is 4.37. The Morgan fingerprint density at radius 1 is 1.22 bits per heavy atom. The summed E-state index contributed by atoms with van der Waals surface area (Å²) >= 11 is 0. The second-order valence-corrected chi connectivity index (χ2v) is 7.98. The topological polar surface area (TPSA) is 156 Å². The molecule has 170 valence electrons. The van der Waals surface area contributed by atoms with Gasteiger partial charge in [0.25, 0.3) is 0 Å². The number of carbonyl (C=O) groups is 1. The maximum atomic E-state index is 14.8. The van der Waals surface area contributed by atoms with Gasteiger partial charge >= 0.3 is 144 Å². The van der Waals surface area contributed by atoms with E-state index in [9.17, 15) is 18.0 Å². The van der Waals surface area contributed by atoms with Crippen LogP contribution in [0.5, 0.6) is 0 Å². The Bertz CT molecular complexity index is 1140. The summed E-state index contributed by atoms with van der Waals surface area (Å²) in [6.45, 7) is -1.04. The first-order chi connectivity index (χ1) is 15.1. The molecule has 0 saturated carbocycles. The van der Waals surface area contributed by atoms with E-state index < -0.39 is 62.2 Å². The molecule has 0 spiro atoms. The number of pyridine rings is 1. The second-order valence-electron chi connectivity index (χ2n) is 6.54. The molecular weight excluding hydrogens is 460 g/mol. The molecule has 12 nitrogen and oxygen atoms in total. The molecule has 0 radical (unpaired) electrons. The molecule has 1 saturated heterocycles. The van der Waals surface area contributed by atoms with Crippen molar-refractivity contribution < 1.29 is 41.9 Å². The molecule has 3 aromatic rings. The predicted molar refractivity (Wildman–Crippen MR) is 101 cm³/mol. The van der Waals surface area contributed by atoms with Gasteiger partial charge in [-0.2, -0.15) is 4.68 Å². The molecule has 1 amide bonds. The third-order valence-corrected chi connectivity index (χ3v) is 4.94. The number of carbonyl (C=O) groups excluding carboxylic acids is 1. The van der Waals surface area contributed by atoms with Gasteiger partial charge in [-0.3, -0.25) is 0 Å². The zero-order chi connectivity index (χ0) is 23.0. The number of nitrogens with zero attached hydrogens (tertiary/aromatic N) is 6. The van der Waals surface area contributed by atoms with E-state index in [2.05, 4.69) is 25.0 Å². The van der Waals surface area contributed by atoms with Crippen molar-refractivity contribution in [3.05, 3.63) is 48.2 Å². The van der Waals surface area contributed by atoms with Crippen molar-refractivity contribution in [2.24, 2.45) is 0 Å². The summed E-state index contributed by atoms with van der Waals surface area (Å²) in [5, 5.41) is 10.5. The molecule has 3 N–H and O–H groups in total. The number of halogens is 3. The number of benzene rings is 1. The first-order valence-electron chi connectivity index (χ1n) is 8.80. The Morgan fingerprint density at radius 2 is 2.00 bits per heavy atom. The molecule has 1 fully saturated rings. The first-order valence-corrected chi connectivity index (χ1v) is 10.6. The van der Waals surface area contributed by atoms with E-state index >= 15 is 0 Å². The van der Waals surface area contributed by atoms with Crippen LogP contribution in [0.15, 0.2) is 30.7 Å². The van der Waals surface area contributed by atoms with E-state index in [1.54, 1.807) is 0 Å². The monoisotopic (exact) mass is 474 g/mol. The van der Waals surface area contributed by atoms with Crippen LogP contribution in [0.1, 0.15) is 0 Å². The van der Waals surface area contributed by atoms with Crippen molar-refractivity contribution in [1.29, 1.82) is 0 Å². The maximum absolute atomic E-state index is 14.8. The van der Waals surface area contributed by atoms with Crippen LogP contribution in [0.25, 0.3) is 16.9 Å². The summed E-state index contributed by atoms with van der Waals surface area (Å²) in [5.74, 6) is -3.99. The van der Waals surface area contributed by atoms with Crippen LogP contribution in [0.4, 0.5) is 23.7 Å². The molecule has 32 heavy (non-hydrogen) atoms. The van der Waals surface area contributed by atoms with E-state index in [-0.39, 0.29) is 11.4 Å². The quantitative estimate of drug-likeness (QED) is 0.346. The number of aromatic nitrogens is 5. The Balaban J connectivity index is 1.60. The van der Waals surface area contributed by atoms with Gasteiger partial charge in [0, 0.05) is 0 Å². The van der Waals surface area contributed by atoms with Crippen molar-refractivity contribution in [1.82, 2.24) is 25.2 Å². The molecular formula is C16H14F3N6O6P. The fourth-order valence-corrected chi connectivity index (χ4v) is 3.40. The third-order valence-electron chi connectivity index (χ3n) is 4.39. The van der Waals surface area contributed by atoms with E-state index in [4.69, 9.17) is 19.4 Å². The zero-order valence-electron chi connectivity index (χ0n) is 15.8. The van der Waals surface area contributed by atoms with Crippen LogP contribution < -0.4 is 4.90 Å². The fraction of sp³-hybridized carbons (Fsp3) is 0.188. The number of anilines is 1. The number of cyclic esters (lactones) is 1. The molecule has 0 unspecified atom stereocenters. The van der Waals surface area contributed by atoms with Gasteiger partial charge in [0.05, 0.1) is 0 Å². The molecule has 1 atom stereocenters. The summed E-state index contributed by atoms with van der Waals surface area (Å²) < 4.78 is 54.7. The summed E-state index contributed by atoms with van der Waals surface area (Å²) in [5.41, 5.74) is -1.51. The minimum atomic E-state index is -4.87. The molecule has 0 bridgehead atoms. The fourth-order valence-electron chi connectivity index (χ4n) is 2.99. The molecule has 0 aliphatic carbocycles. The van der Waals surface area contributed by atoms with E-state index in [0.717, 1.165) is 6.20 Å². The van der Waals surface area contributed by atoms with Gasteiger partial charge in [0.2, 0.25) is 0 Å². The average Bonchev–Trinajstić information content (AvgIpc) is 3.39. The van der Waals surface area contributed by atoms with E-state index in [0.29, 0.717) is 11.0 Å².